The lowest BCUT2D eigenvalue weighted by molar-refractivity contribution is 0.433. The third-order valence-electron chi connectivity index (χ3n) is 4.00. The van der Waals surface area contributed by atoms with Gasteiger partial charge in [0.15, 0.2) is 0 Å². The van der Waals surface area contributed by atoms with Crippen molar-refractivity contribution in [3.63, 3.8) is 0 Å². The van der Waals surface area contributed by atoms with Gasteiger partial charge in [0.05, 0.1) is 6.07 Å². The first kappa shape index (κ1) is 14.0. The van der Waals surface area contributed by atoms with E-state index in [-0.39, 0.29) is 11.8 Å². The molecule has 0 aromatic carbocycles. The van der Waals surface area contributed by atoms with E-state index >= 15 is 0 Å². The van der Waals surface area contributed by atoms with Gasteiger partial charge < -0.3 is 0 Å². The fraction of sp³-hybridized carbons (Fsp3) is 0.688. The number of rotatable bonds is 3. The lowest BCUT2D eigenvalue weighted by atomic mass is 9.86. The van der Waals surface area contributed by atoms with Crippen molar-refractivity contribution >= 4 is 0 Å². The van der Waals surface area contributed by atoms with Crippen molar-refractivity contribution in [3.8, 4) is 6.07 Å². The van der Waals surface area contributed by atoms with Crippen LogP contribution >= 0.6 is 0 Å². The van der Waals surface area contributed by atoms with Crippen LogP contribution in [-0.4, -0.2) is 9.97 Å². The van der Waals surface area contributed by atoms with Gasteiger partial charge in [-0.1, -0.05) is 33.1 Å². The van der Waals surface area contributed by atoms with Gasteiger partial charge >= 0.3 is 0 Å². The van der Waals surface area contributed by atoms with Crippen molar-refractivity contribution in [3.05, 3.63) is 23.3 Å². The molecule has 1 aliphatic carbocycles. The van der Waals surface area contributed by atoms with Gasteiger partial charge in [0, 0.05) is 17.3 Å². The Morgan fingerprint density at radius 1 is 1.21 bits per heavy atom. The summed E-state index contributed by atoms with van der Waals surface area (Å²) in [5, 5.41) is 9.31. The molecule has 0 amide bonds. The summed E-state index contributed by atoms with van der Waals surface area (Å²) >= 11 is 0. The maximum Gasteiger partial charge on any atom is 0.146 e. The van der Waals surface area contributed by atoms with E-state index < -0.39 is 0 Å². The number of aromatic nitrogens is 2. The van der Waals surface area contributed by atoms with E-state index in [0.29, 0.717) is 5.92 Å². The number of aryl methyl sites for hydroxylation is 1. The first-order valence-corrected chi connectivity index (χ1v) is 7.37. The molecule has 1 saturated carbocycles. The predicted molar refractivity (Wildman–Crippen MR) is 75.8 cm³/mol. The summed E-state index contributed by atoms with van der Waals surface area (Å²) in [6.45, 7) is 6.12. The van der Waals surface area contributed by atoms with E-state index in [1.165, 1.54) is 32.1 Å². The summed E-state index contributed by atoms with van der Waals surface area (Å²) in [6.07, 6.45) is 6.41. The van der Waals surface area contributed by atoms with Crippen LogP contribution in [0, 0.1) is 24.2 Å². The molecule has 102 valence electrons. The molecule has 0 aliphatic heterocycles. The molecule has 2 rings (SSSR count). The Hall–Kier alpha value is -1.43. The van der Waals surface area contributed by atoms with Gasteiger partial charge in [-0.2, -0.15) is 5.26 Å². The van der Waals surface area contributed by atoms with E-state index in [1.807, 2.05) is 6.92 Å². The average molecular weight is 257 g/mol. The van der Waals surface area contributed by atoms with Crippen molar-refractivity contribution in [2.75, 3.05) is 0 Å². The van der Waals surface area contributed by atoms with Gasteiger partial charge in [-0.25, -0.2) is 9.97 Å². The Morgan fingerprint density at radius 3 is 2.47 bits per heavy atom. The van der Waals surface area contributed by atoms with Crippen molar-refractivity contribution in [1.82, 2.24) is 9.97 Å². The Labute approximate surface area is 116 Å². The maximum atomic E-state index is 9.31. The van der Waals surface area contributed by atoms with Crippen molar-refractivity contribution < 1.29 is 0 Å². The standard InChI is InChI=1S/C16H23N3/c1-11(2)14(10-17)16-18-12(3)9-15(19-16)13-7-5-4-6-8-13/h9,11,13-14H,4-8H2,1-3H3. The molecule has 3 heteroatoms. The Bertz CT molecular complexity index is 467. The van der Waals surface area contributed by atoms with Crippen LogP contribution in [0.25, 0.3) is 0 Å². The van der Waals surface area contributed by atoms with E-state index in [1.54, 1.807) is 0 Å². The summed E-state index contributed by atoms with van der Waals surface area (Å²) in [6, 6.07) is 4.46. The zero-order chi connectivity index (χ0) is 13.8. The highest BCUT2D eigenvalue weighted by Crippen LogP contribution is 2.32. The van der Waals surface area contributed by atoms with Crippen LogP contribution in [0.1, 0.15) is 75.0 Å². The number of nitrogens with zero attached hydrogens (tertiary/aromatic N) is 3. The van der Waals surface area contributed by atoms with E-state index in [2.05, 4.69) is 31.0 Å². The van der Waals surface area contributed by atoms with Gasteiger partial charge in [-0.3, -0.25) is 0 Å². The third kappa shape index (κ3) is 3.32. The topological polar surface area (TPSA) is 49.6 Å². The molecular formula is C16H23N3. The Morgan fingerprint density at radius 2 is 1.89 bits per heavy atom. The summed E-state index contributed by atoms with van der Waals surface area (Å²) in [4.78, 5) is 9.20. The molecule has 0 saturated heterocycles. The second-order valence-corrected chi connectivity index (χ2v) is 5.98. The zero-order valence-electron chi connectivity index (χ0n) is 12.2. The summed E-state index contributed by atoms with van der Waals surface area (Å²) in [5.41, 5.74) is 2.15. The molecule has 3 nitrogen and oxygen atoms in total. The van der Waals surface area contributed by atoms with Crippen LogP contribution in [0.3, 0.4) is 0 Å². The van der Waals surface area contributed by atoms with Crippen molar-refractivity contribution in [1.29, 1.82) is 5.26 Å². The number of hydrogen-bond donors (Lipinski definition) is 0. The highest BCUT2D eigenvalue weighted by atomic mass is 14.9. The molecule has 1 atom stereocenters. The smallest absolute Gasteiger partial charge is 0.146 e. The van der Waals surface area contributed by atoms with Crippen LogP contribution in [0.4, 0.5) is 0 Å². The first-order valence-electron chi connectivity index (χ1n) is 7.37. The molecule has 1 heterocycles. The lowest BCUT2D eigenvalue weighted by Gasteiger charge is -2.22. The monoisotopic (exact) mass is 257 g/mol. The molecule has 0 radical (unpaired) electrons. The predicted octanol–water partition coefficient (Wildman–Crippen LogP) is 4.10. The van der Waals surface area contributed by atoms with Gasteiger partial charge in [0.25, 0.3) is 0 Å². The minimum Gasteiger partial charge on any atom is -0.237 e. The van der Waals surface area contributed by atoms with Crippen molar-refractivity contribution in [2.45, 2.75) is 64.7 Å². The highest BCUT2D eigenvalue weighted by molar-refractivity contribution is 5.19. The van der Waals surface area contributed by atoms with Gasteiger partial charge in [-0.05, 0) is 31.7 Å². The molecule has 19 heavy (non-hydrogen) atoms. The molecule has 1 fully saturated rings. The molecule has 1 unspecified atom stereocenters. The second-order valence-electron chi connectivity index (χ2n) is 5.98. The highest BCUT2D eigenvalue weighted by Gasteiger charge is 2.22. The zero-order valence-corrected chi connectivity index (χ0v) is 12.2. The maximum absolute atomic E-state index is 9.31. The van der Waals surface area contributed by atoms with E-state index in [0.717, 1.165) is 17.2 Å². The molecule has 0 spiro atoms. The van der Waals surface area contributed by atoms with Gasteiger partial charge in [0.1, 0.15) is 11.7 Å². The number of nitriles is 1. The minimum absolute atomic E-state index is 0.192. The van der Waals surface area contributed by atoms with Crippen LogP contribution < -0.4 is 0 Å². The molecule has 1 aromatic heterocycles. The largest absolute Gasteiger partial charge is 0.237 e. The summed E-state index contributed by atoms with van der Waals surface area (Å²) < 4.78 is 0. The average Bonchev–Trinajstić information content (AvgIpc) is 2.39. The first-order chi connectivity index (χ1) is 9.11. The molecule has 1 aromatic rings. The molecule has 0 bridgehead atoms. The van der Waals surface area contributed by atoms with Crippen molar-refractivity contribution in [2.24, 2.45) is 5.92 Å². The quantitative estimate of drug-likeness (QED) is 0.819. The Balaban J connectivity index is 2.31. The van der Waals surface area contributed by atoms with Crippen LogP contribution in [0.15, 0.2) is 6.07 Å². The fourth-order valence-electron chi connectivity index (χ4n) is 2.87. The summed E-state index contributed by atoms with van der Waals surface area (Å²) in [7, 11) is 0. The van der Waals surface area contributed by atoms with Gasteiger partial charge in [-0.15, -0.1) is 0 Å². The molecule has 0 N–H and O–H groups in total. The normalized spacial score (nSPS) is 18.3. The van der Waals surface area contributed by atoms with Gasteiger partial charge in [0.2, 0.25) is 0 Å². The van der Waals surface area contributed by atoms with E-state index in [9.17, 15) is 5.26 Å². The van der Waals surface area contributed by atoms with Crippen LogP contribution in [-0.2, 0) is 0 Å². The minimum atomic E-state index is -0.192. The summed E-state index contributed by atoms with van der Waals surface area (Å²) in [5.74, 6) is 1.35. The third-order valence-corrected chi connectivity index (χ3v) is 4.00. The lowest BCUT2D eigenvalue weighted by Crippen LogP contribution is -2.14. The fourth-order valence-corrected chi connectivity index (χ4v) is 2.87. The number of hydrogen-bond acceptors (Lipinski definition) is 3. The van der Waals surface area contributed by atoms with Crippen LogP contribution in [0.5, 0.6) is 0 Å². The SMILES string of the molecule is Cc1cc(C2CCCCC2)nc(C(C#N)C(C)C)n1. The second kappa shape index (κ2) is 6.14. The van der Waals surface area contributed by atoms with E-state index in [4.69, 9.17) is 4.98 Å². The molecule has 1 aliphatic rings. The van der Waals surface area contributed by atoms with Crippen LogP contribution in [0.2, 0.25) is 0 Å². The Kier molecular flexibility index (Phi) is 4.52. The molecular weight excluding hydrogens is 234 g/mol.